The van der Waals surface area contributed by atoms with Crippen LogP contribution in [0.1, 0.15) is 60.5 Å². The number of alkyl halides is 4. The zero-order valence-electron chi connectivity index (χ0n) is 24.5. The molecule has 9 nitrogen and oxygen atoms in total. The van der Waals surface area contributed by atoms with Gasteiger partial charge in [0.05, 0.1) is 22.2 Å². The summed E-state index contributed by atoms with van der Waals surface area (Å²) in [7, 11) is 0. The van der Waals surface area contributed by atoms with Crippen LogP contribution in [0.4, 0.5) is 17.6 Å². The minimum absolute atomic E-state index is 0.122. The Balaban J connectivity index is 1.09. The number of fused-ring (bicyclic) bond motifs is 1. The van der Waals surface area contributed by atoms with Crippen LogP contribution < -0.4 is 9.47 Å². The minimum atomic E-state index is -4.78. The summed E-state index contributed by atoms with van der Waals surface area (Å²) in [4.78, 5) is 14.3. The molecule has 4 aromatic rings. The van der Waals surface area contributed by atoms with E-state index in [0.717, 1.165) is 0 Å². The number of nitrogens with zero attached hydrogens (tertiary/aromatic N) is 6. The van der Waals surface area contributed by atoms with Crippen LogP contribution in [0.15, 0.2) is 53.3 Å². The number of piperidine rings is 1. The van der Waals surface area contributed by atoms with E-state index in [-0.39, 0.29) is 17.9 Å². The molecule has 0 bridgehead atoms. The van der Waals surface area contributed by atoms with Gasteiger partial charge in [0.15, 0.2) is 11.5 Å². The Morgan fingerprint density at radius 2 is 1.96 bits per heavy atom. The fraction of sp³-hybridized carbons (Fsp3) is 0.406. The van der Waals surface area contributed by atoms with Crippen LogP contribution >= 0.6 is 11.6 Å². The Kier molecular flexibility index (Phi) is 7.40. The molecule has 3 atom stereocenters. The standard InChI is InChI=1S/C32H27ClF4N6O3/c1-30(26-6-5-20(33)14-40-26)44-25-4-2-3-22(27(25)45-30)21-7-10-43(15-23(21)34)16-24-18(12-31(17-38)8-9-31)11-19(13-39-24)28-41-29(46-42-28)32(35,36)37/h2-6,11,13-14,21,23H,7-10,12,15-16H2,1H3/t21?,23?,30-/m0/s1. The molecular formula is C32H27ClF4N6O3. The van der Waals surface area contributed by atoms with E-state index in [1.807, 2.05) is 17.0 Å². The van der Waals surface area contributed by atoms with Crippen LogP contribution in [0.5, 0.6) is 11.5 Å². The van der Waals surface area contributed by atoms with Crippen LogP contribution in [0.3, 0.4) is 0 Å². The smallest absolute Gasteiger partial charge is 0.443 e. The fourth-order valence-electron chi connectivity index (χ4n) is 6.12. The van der Waals surface area contributed by atoms with Crippen molar-refractivity contribution in [3.05, 3.63) is 82.2 Å². The maximum atomic E-state index is 16.0. The molecule has 3 aromatic heterocycles. The van der Waals surface area contributed by atoms with E-state index in [1.165, 1.54) is 12.4 Å². The molecule has 3 aliphatic rings. The molecule has 0 spiro atoms. The molecule has 1 aliphatic carbocycles. The maximum absolute atomic E-state index is 16.0. The van der Waals surface area contributed by atoms with E-state index in [2.05, 4.69) is 30.7 Å². The predicted molar refractivity (Wildman–Crippen MR) is 155 cm³/mol. The molecule has 1 saturated carbocycles. The predicted octanol–water partition coefficient (Wildman–Crippen LogP) is 7.02. The molecular weight excluding hydrogens is 628 g/mol. The van der Waals surface area contributed by atoms with Gasteiger partial charge in [0.2, 0.25) is 5.82 Å². The van der Waals surface area contributed by atoms with Gasteiger partial charge in [-0.2, -0.15) is 23.4 Å². The third-order valence-electron chi connectivity index (χ3n) is 8.81. The summed E-state index contributed by atoms with van der Waals surface area (Å²) in [6, 6.07) is 12.9. The number of aromatic nitrogens is 4. The first-order valence-electron chi connectivity index (χ1n) is 14.7. The fourth-order valence-corrected chi connectivity index (χ4v) is 6.23. The van der Waals surface area contributed by atoms with Gasteiger partial charge in [-0.1, -0.05) is 28.9 Å². The van der Waals surface area contributed by atoms with Gasteiger partial charge >= 0.3 is 12.1 Å². The van der Waals surface area contributed by atoms with E-state index in [0.29, 0.717) is 77.8 Å². The van der Waals surface area contributed by atoms with E-state index in [9.17, 15) is 18.4 Å². The topological polar surface area (TPSA) is 110 Å². The number of hydrogen-bond donors (Lipinski definition) is 0. The van der Waals surface area contributed by atoms with Gasteiger partial charge in [-0.05, 0) is 62.1 Å². The van der Waals surface area contributed by atoms with Crippen LogP contribution in [0, 0.1) is 16.7 Å². The molecule has 1 aromatic carbocycles. The van der Waals surface area contributed by atoms with Crippen LogP contribution in [-0.4, -0.2) is 44.3 Å². The first-order chi connectivity index (χ1) is 22.0. The summed E-state index contributed by atoms with van der Waals surface area (Å²) in [5.41, 5.74) is 2.26. The molecule has 0 radical (unpaired) electrons. The molecule has 2 unspecified atom stereocenters. The number of nitriles is 1. The van der Waals surface area contributed by atoms with Crippen molar-refractivity contribution < 1.29 is 31.6 Å². The average Bonchev–Trinajstić information content (AvgIpc) is 3.42. The first kappa shape index (κ1) is 30.4. The number of likely N-dealkylation sites (tertiary alicyclic amines) is 1. The monoisotopic (exact) mass is 654 g/mol. The second-order valence-electron chi connectivity index (χ2n) is 12.2. The van der Waals surface area contributed by atoms with Crippen LogP contribution in [0.2, 0.25) is 5.02 Å². The van der Waals surface area contributed by atoms with Gasteiger partial charge in [0, 0.05) is 49.5 Å². The van der Waals surface area contributed by atoms with Crippen molar-refractivity contribution in [2.24, 2.45) is 5.41 Å². The summed E-state index contributed by atoms with van der Waals surface area (Å²) >= 11 is 6.00. The number of benzene rings is 1. The quantitative estimate of drug-likeness (QED) is 0.194. The van der Waals surface area contributed by atoms with Crippen molar-refractivity contribution in [3.63, 3.8) is 0 Å². The van der Waals surface area contributed by atoms with Gasteiger partial charge < -0.3 is 14.0 Å². The summed E-state index contributed by atoms with van der Waals surface area (Å²) in [5.74, 6) is -2.34. The molecule has 46 heavy (non-hydrogen) atoms. The zero-order chi connectivity index (χ0) is 32.3. The first-order valence-corrected chi connectivity index (χ1v) is 15.1. The zero-order valence-corrected chi connectivity index (χ0v) is 25.3. The number of halogens is 5. The molecule has 238 valence electrons. The highest BCUT2D eigenvalue weighted by atomic mass is 35.5. The molecule has 2 aliphatic heterocycles. The largest absolute Gasteiger partial charge is 0.471 e. The lowest BCUT2D eigenvalue weighted by molar-refractivity contribution is -0.159. The van der Waals surface area contributed by atoms with Gasteiger partial charge in [-0.15, -0.1) is 0 Å². The van der Waals surface area contributed by atoms with Gasteiger partial charge in [0.25, 0.3) is 5.79 Å². The summed E-state index contributed by atoms with van der Waals surface area (Å²) in [5, 5.41) is 13.7. The second-order valence-corrected chi connectivity index (χ2v) is 12.6. The van der Waals surface area contributed by atoms with E-state index in [1.54, 1.807) is 31.2 Å². The molecule has 14 heteroatoms. The van der Waals surface area contributed by atoms with Crippen molar-refractivity contribution in [2.45, 2.75) is 63.2 Å². The Hall–Kier alpha value is -4.28. The highest BCUT2D eigenvalue weighted by Gasteiger charge is 2.45. The van der Waals surface area contributed by atoms with Crippen molar-refractivity contribution in [1.29, 1.82) is 5.26 Å². The number of ether oxygens (including phenoxy) is 2. The number of pyridine rings is 2. The Bertz CT molecular complexity index is 1820. The van der Waals surface area contributed by atoms with E-state index < -0.39 is 35.4 Å². The third kappa shape index (κ3) is 5.76. The summed E-state index contributed by atoms with van der Waals surface area (Å²) in [6.07, 6.45) is -0.823. The molecule has 0 amide bonds. The van der Waals surface area contributed by atoms with E-state index in [4.69, 9.17) is 21.1 Å². The molecule has 7 rings (SSSR count). The Labute approximate surface area is 266 Å². The normalized spacial score (nSPS) is 23.7. The highest BCUT2D eigenvalue weighted by molar-refractivity contribution is 6.30. The third-order valence-corrected chi connectivity index (χ3v) is 9.03. The van der Waals surface area contributed by atoms with Crippen molar-refractivity contribution in [3.8, 4) is 29.0 Å². The molecule has 1 saturated heterocycles. The lowest BCUT2D eigenvalue weighted by atomic mass is 9.87. The van der Waals surface area contributed by atoms with Crippen LogP contribution in [0.25, 0.3) is 11.4 Å². The molecule has 5 heterocycles. The molecule has 2 fully saturated rings. The highest BCUT2D eigenvalue weighted by Crippen LogP contribution is 2.50. The van der Waals surface area contributed by atoms with Crippen LogP contribution in [-0.2, 0) is 24.9 Å². The maximum Gasteiger partial charge on any atom is 0.471 e. The van der Waals surface area contributed by atoms with Gasteiger partial charge in [0.1, 0.15) is 11.9 Å². The SMILES string of the molecule is C[C@]1(c2ccc(Cl)cn2)Oc2cccc(C3CCN(Cc4ncc(-c5noc(C(F)(F)F)n5)cc4CC4(C#N)CC4)CC3F)c2O1. The van der Waals surface area contributed by atoms with Gasteiger partial charge in [-0.3, -0.25) is 14.9 Å². The number of hydrogen-bond acceptors (Lipinski definition) is 9. The number of para-hydroxylation sites is 1. The minimum Gasteiger partial charge on any atom is -0.443 e. The Morgan fingerprint density at radius 1 is 1.13 bits per heavy atom. The van der Waals surface area contributed by atoms with Crippen molar-refractivity contribution in [2.75, 3.05) is 13.1 Å². The second kappa shape index (κ2) is 11.2. The van der Waals surface area contributed by atoms with E-state index >= 15 is 4.39 Å². The average molecular weight is 655 g/mol. The van der Waals surface area contributed by atoms with Gasteiger partial charge in [-0.25, -0.2) is 4.39 Å². The lowest BCUT2D eigenvalue weighted by Crippen LogP contribution is -2.40. The van der Waals surface area contributed by atoms with Crippen molar-refractivity contribution >= 4 is 11.6 Å². The van der Waals surface area contributed by atoms with Crippen molar-refractivity contribution in [1.82, 2.24) is 25.0 Å². The Morgan fingerprint density at radius 3 is 2.63 bits per heavy atom. The molecule has 0 N–H and O–H groups in total. The summed E-state index contributed by atoms with van der Waals surface area (Å²) < 4.78 is 72.0. The number of rotatable bonds is 7. The summed E-state index contributed by atoms with van der Waals surface area (Å²) in [6.45, 7) is 2.73. The lowest BCUT2D eigenvalue weighted by Gasteiger charge is -2.35.